The maximum atomic E-state index is 12.9. The van der Waals surface area contributed by atoms with E-state index in [1.54, 1.807) is 4.90 Å². The van der Waals surface area contributed by atoms with Crippen LogP contribution in [0.3, 0.4) is 0 Å². The van der Waals surface area contributed by atoms with Crippen molar-refractivity contribution in [3.8, 4) is 11.5 Å². The van der Waals surface area contributed by atoms with Gasteiger partial charge < -0.3 is 20.1 Å². The molecule has 2 aromatic rings. The molecule has 0 aliphatic heterocycles. The summed E-state index contributed by atoms with van der Waals surface area (Å²) in [5.41, 5.74) is 6.89. The predicted molar refractivity (Wildman–Crippen MR) is 102 cm³/mol. The Hall–Kier alpha value is -2.38. The molecule has 2 N–H and O–H groups in total. The Bertz CT molecular complexity index is 717. The molecule has 0 bridgehead atoms. The fourth-order valence-corrected chi connectivity index (χ4v) is 2.51. The van der Waals surface area contributed by atoms with Gasteiger partial charge >= 0.3 is 6.61 Å². The van der Waals surface area contributed by atoms with Gasteiger partial charge in [0.15, 0.2) is 11.5 Å². The van der Waals surface area contributed by atoms with E-state index in [-0.39, 0.29) is 29.8 Å². The number of benzene rings is 2. The lowest BCUT2D eigenvalue weighted by molar-refractivity contribution is -0.0512. The van der Waals surface area contributed by atoms with Crippen molar-refractivity contribution < 1.29 is 23.0 Å². The Morgan fingerprint density at radius 1 is 1.15 bits per heavy atom. The number of hydrogen-bond donors (Lipinski definition) is 1. The van der Waals surface area contributed by atoms with Gasteiger partial charge in [0.2, 0.25) is 0 Å². The van der Waals surface area contributed by atoms with Crippen LogP contribution in [0.25, 0.3) is 0 Å². The van der Waals surface area contributed by atoms with Gasteiger partial charge in [-0.2, -0.15) is 8.78 Å². The summed E-state index contributed by atoms with van der Waals surface area (Å²) < 4.78 is 34.3. The quantitative estimate of drug-likeness (QED) is 0.697. The average Bonchev–Trinajstić information content (AvgIpc) is 2.65. The van der Waals surface area contributed by atoms with Gasteiger partial charge in [0, 0.05) is 18.7 Å². The number of methoxy groups -OCH3 is 1. The summed E-state index contributed by atoms with van der Waals surface area (Å²) in [4.78, 5) is 14.6. The van der Waals surface area contributed by atoms with E-state index in [9.17, 15) is 13.6 Å². The molecule has 0 saturated carbocycles. The second-order valence-corrected chi connectivity index (χ2v) is 5.60. The standard InChI is InChI=1S/C19H22F2N2O3.ClH/c1-25-17-12-15(8-9-16(17)26-19(20)21)18(24)23(11-5-10-22)13-14-6-3-2-4-7-14;/h2-4,6-9,12,19H,5,10-11,13,22H2,1H3;1H. The first kappa shape index (κ1) is 22.7. The van der Waals surface area contributed by atoms with Crippen LogP contribution in [-0.2, 0) is 6.54 Å². The fourth-order valence-electron chi connectivity index (χ4n) is 2.51. The second-order valence-electron chi connectivity index (χ2n) is 5.60. The number of carbonyl (C=O) groups is 1. The molecule has 2 rings (SSSR count). The van der Waals surface area contributed by atoms with E-state index < -0.39 is 6.61 Å². The summed E-state index contributed by atoms with van der Waals surface area (Å²) in [5.74, 6) is -0.269. The maximum Gasteiger partial charge on any atom is 0.387 e. The van der Waals surface area contributed by atoms with Gasteiger partial charge in [0.05, 0.1) is 7.11 Å². The first-order chi connectivity index (χ1) is 12.5. The molecule has 0 fully saturated rings. The molecule has 1 amide bonds. The van der Waals surface area contributed by atoms with Gasteiger partial charge in [0.1, 0.15) is 0 Å². The molecule has 0 spiro atoms. The first-order valence-corrected chi connectivity index (χ1v) is 8.21. The van der Waals surface area contributed by atoms with Crippen molar-refractivity contribution in [2.45, 2.75) is 19.6 Å². The van der Waals surface area contributed by atoms with E-state index in [1.807, 2.05) is 30.3 Å². The minimum Gasteiger partial charge on any atom is -0.493 e. The average molecular weight is 401 g/mol. The number of amides is 1. The van der Waals surface area contributed by atoms with Gasteiger partial charge in [0.25, 0.3) is 5.91 Å². The molecule has 0 unspecified atom stereocenters. The number of ether oxygens (including phenoxy) is 2. The zero-order valence-electron chi connectivity index (χ0n) is 14.9. The van der Waals surface area contributed by atoms with Crippen LogP contribution in [0.1, 0.15) is 22.3 Å². The highest BCUT2D eigenvalue weighted by molar-refractivity contribution is 5.95. The summed E-state index contributed by atoms with van der Waals surface area (Å²) in [6.45, 7) is -1.59. The first-order valence-electron chi connectivity index (χ1n) is 8.21. The summed E-state index contributed by atoms with van der Waals surface area (Å²) in [6, 6.07) is 13.7. The van der Waals surface area contributed by atoms with Crippen LogP contribution in [0.15, 0.2) is 48.5 Å². The molecule has 0 aliphatic rings. The van der Waals surface area contributed by atoms with E-state index in [2.05, 4.69) is 4.74 Å². The summed E-state index contributed by atoms with van der Waals surface area (Å²) in [7, 11) is 1.33. The van der Waals surface area contributed by atoms with E-state index in [0.717, 1.165) is 5.56 Å². The van der Waals surface area contributed by atoms with Crippen LogP contribution in [0.5, 0.6) is 11.5 Å². The van der Waals surface area contributed by atoms with E-state index in [0.29, 0.717) is 31.6 Å². The highest BCUT2D eigenvalue weighted by Gasteiger charge is 2.19. The van der Waals surface area contributed by atoms with Crippen molar-refractivity contribution in [2.24, 2.45) is 5.73 Å². The van der Waals surface area contributed by atoms with Gasteiger partial charge in [-0.25, -0.2) is 0 Å². The molecule has 2 aromatic carbocycles. The largest absolute Gasteiger partial charge is 0.493 e. The highest BCUT2D eigenvalue weighted by atomic mass is 35.5. The Labute approximate surface area is 163 Å². The molecule has 0 aromatic heterocycles. The Kier molecular flexibility index (Phi) is 9.53. The number of nitrogens with zero attached hydrogens (tertiary/aromatic N) is 1. The molecule has 0 atom stereocenters. The van der Waals surface area contributed by atoms with Crippen molar-refractivity contribution in [1.82, 2.24) is 4.90 Å². The highest BCUT2D eigenvalue weighted by Crippen LogP contribution is 2.30. The van der Waals surface area contributed by atoms with E-state index in [1.165, 1.54) is 25.3 Å². The van der Waals surface area contributed by atoms with Crippen molar-refractivity contribution >= 4 is 18.3 Å². The molecule has 0 radical (unpaired) electrons. The van der Waals surface area contributed by atoms with E-state index >= 15 is 0 Å². The predicted octanol–water partition coefficient (Wildman–Crippen LogP) is 3.71. The lowest BCUT2D eigenvalue weighted by Crippen LogP contribution is -2.32. The van der Waals surface area contributed by atoms with Crippen LogP contribution in [-0.4, -0.2) is 37.6 Å². The molecule has 27 heavy (non-hydrogen) atoms. The number of rotatable bonds is 9. The monoisotopic (exact) mass is 400 g/mol. The third-order valence-corrected chi connectivity index (χ3v) is 3.76. The van der Waals surface area contributed by atoms with Crippen molar-refractivity contribution in [2.75, 3.05) is 20.2 Å². The minimum atomic E-state index is -2.97. The minimum absolute atomic E-state index is 0. The summed E-state index contributed by atoms with van der Waals surface area (Å²) in [6.07, 6.45) is 0.655. The van der Waals surface area contributed by atoms with Gasteiger partial charge in [-0.3, -0.25) is 4.79 Å². The van der Waals surface area contributed by atoms with E-state index in [4.69, 9.17) is 10.5 Å². The lowest BCUT2D eigenvalue weighted by atomic mass is 10.1. The fraction of sp³-hybridized carbons (Fsp3) is 0.316. The molecular weight excluding hydrogens is 378 g/mol. The molecule has 148 valence electrons. The molecule has 0 aliphatic carbocycles. The van der Waals surface area contributed by atoms with Gasteiger partial charge in [-0.1, -0.05) is 30.3 Å². The number of nitrogens with two attached hydrogens (primary N) is 1. The third kappa shape index (κ3) is 6.69. The van der Waals surface area contributed by atoms with Gasteiger partial charge in [-0.05, 0) is 36.7 Å². The zero-order chi connectivity index (χ0) is 18.9. The van der Waals surface area contributed by atoms with Crippen molar-refractivity contribution in [3.63, 3.8) is 0 Å². The Balaban J connectivity index is 0.00000364. The lowest BCUT2D eigenvalue weighted by Gasteiger charge is -2.23. The molecular formula is C19H23ClF2N2O3. The SMILES string of the molecule is COc1cc(C(=O)N(CCCN)Cc2ccccc2)ccc1OC(F)F.Cl. The van der Waals surface area contributed by atoms with Crippen LogP contribution in [0.4, 0.5) is 8.78 Å². The molecule has 5 nitrogen and oxygen atoms in total. The summed E-state index contributed by atoms with van der Waals surface area (Å²) in [5, 5.41) is 0. The third-order valence-electron chi connectivity index (χ3n) is 3.76. The van der Waals surface area contributed by atoms with Crippen LogP contribution in [0, 0.1) is 0 Å². The normalized spacial score (nSPS) is 10.3. The number of alkyl halides is 2. The van der Waals surface area contributed by atoms with Crippen molar-refractivity contribution in [1.29, 1.82) is 0 Å². The van der Waals surface area contributed by atoms with Crippen LogP contribution < -0.4 is 15.2 Å². The Morgan fingerprint density at radius 2 is 1.85 bits per heavy atom. The van der Waals surface area contributed by atoms with Crippen LogP contribution >= 0.6 is 12.4 Å². The number of halogens is 3. The number of hydrogen-bond acceptors (Lipinski definition) is 4. The topological polar surface area (TPSA) is 64.8 Å². The smallest absolute Gasteiger partial charge is 0.387 e. The maximum absolute atomic E-state index is 12.9. The Morgan fingerprint density at radius 3 is 2.44 bits per heavy atom. The molecule has 8 heteroatoms. The molecule has 0 saturated heterocycles. The second kappa shape index (κ2) is 11.4. The van der Waals surface area contributed by atoms with Gasteiger partial charge in [-0.15, -0.1) is 12.4 Å². The van der Waals surface area contributed by atoms with Crippen molar-refractivity contribution in [3.05, 3.63) is 59.7 Å². The summed E-state index contributed by atoms with van der Waals surface area (Å²) >= 11 is 0. The zero-order valence-corrected chi connectivity index (χ0v) is 15.8. The number of carbonyl (C=O) groups excluding carboxylic acids is 1. The van der Waals surface area contributed by atoms with Crippen LogP contribution in [0.2, 0.25) is 0 Å². The molecule has 0 heterocycles.